The SMILES string of the molecule is CN(CCCl)c1ccc(OC=O)cc1. The van der Waals surface area contributed by atoms with Gasteiger partial charge in [0, 0.05) is 25.2 Å². The fraction of sp³-hybridized carbons (Fsp3) is 0.300. The van der Waals surface area contributed by atoms with Crippen LogP contribution in [0.4, 0.5) is 5.69 Å². The topological polar surface area (TPSA) is 29.5 Å². The quantitative estimate of drug-likeness (QED) is 0.553. The van der Waals surface area contributed by atoms with E-state index in [1.807, 2.05) is 24.1 Å². The Morgan fingerprint density at radius 2 is 2.07 bits per heavy atom. The van der Waals surface area contributed by atoms with Crippen LogP contribution in [0.5, 0.6) is 5.75 Å². The van der Waals surface area contributed by atoms with Gasteiger partial charge >= 0.3 is 0 Å². The molecule has 0 unspecified atom stereocenters. The molecule has 1 aromatic rings. The van der Waals surface area contributed by atoms with Gasteiger partial charge in [0.25, 0.3) is 6.47 Å². The molecule has 0 heterocycles. The van der Waals surface area contributed by atoms with E-state index in [1.54, 1.807) is 12.1 Å². The number of alkyl halides is 1. The number of benzene rings is 1. The van der Waals surface area contributed by atoms with Gasteiger partial charge in [0.15, 0.2) is 0 Å². The molecule has 0 saturated heterocycles. The van der Waals surface area contributed by atoms with Crippen LogP contribution in [0.3, 0.4) is 0 Å². The van der Waals surface area contributed by atoms with Crippen molar-refractivity contribution >= 4 is 23.8 Å². The number of anilines is 1. The normalized spacial score (nSPS) is 9.57. The molecule has 0 amide bonds. The standard InChI is InChI=1S/C10H12ClNO2/c1-12(7-6-11)9-2-4-10(5-3-9)14-8-13/h2-5,8H,6-7H2,1H3. The third kappa shape index (κ3) is 2.92. The van der Waals surface area contributed by atoms with Crippen LogP contribution < -0.4 is 9.64 Å². The molecule has 0 aliphatic rings. The first-order chi connectivity index (χ1) is 6.77. The number of nitrogens with zero attached hydrogens (tertiary/aromatic N) is 1. The van der Waals surface area contributed by atoms with Crippen molar-refractivity contribution < 1.29 is 9.53 Å². The van der Waals surface area contributed by atoms with E-state index in [0.717, 1.165) is 12.2 Å². The molecular weight excluding hydrogens is 202 g/mol. The van der Waals surface area contributed by atoms with Gasteiger partial charge in [0.05, 0.1) is 0 Å². The van der Waals surface area contributed by atoms with Gasteiger partial charge in [-0.05, 0) is 24.3 Å². The molecule has 76 valence electrons. The second kappa shape index (κ2) is 5.50. The lowest BCUT2D eigenvalue weighted by atomic mass is 10.3. The summed E-state index contributed by atoms with van der Waals surface area (Å²) in [5.74, 6) is 1.13. The molecule has 0 bridgehead atoms. The fourth-order valence-corrected chi connectivity index (χ4v) is 1.34. The lowest BCUT2D eigenvalue weighted by molar-refractivity contribution is -0.120. The van der Waals surface area contributed by atoms with E-state index >= 15 is 0 Å². The zero-order valence-corrected chi connectivity index (χ0v) is 8.70. The summed E-state index contributed by atoms with van der Waals surface area (Å²) < 4.78 is 4.68. The molecule has 0 aromatic heterocycles. The van der Waals surface area contributed by atoms with Crippen LogP contribution in [-0.2, 0) is 4.79 Å². The summed E-state index contributed by atoms with van der Waals surface area (Å²) in [7, 11) is 1.96. The second-order valence-electron chi connectivity index (χ2n) is 2.82. The zero-order chi connectivity index (χ0) is 10.4. The Labute approximate surface area is 88.2 Å². The molecule has 0 aliphatic carbocycles. The molecule has 0 fully saturated rings. The first kappa shape index (κ1) is 10.9. The first-order valence-corrected chi connectivity index (χ1v) is 4.79. The summed E-state index contributed by atoms with van der Waals surface area (Å²) in [4.78, 5) is 12.1. The van der Waals surface area contributed by atoms with E-state index in [-0.39, 0.29) is 0 Å². The number of ether oxygens (including phenoxy) is 1. The van der Waals surface area contributed by atoms with Gasteiger partial charge in [0.1, 0.15) is 5.75 Å². The van der Waals surface area contributed by atoms with Crippen molar-refractivity contribution in [3.8, 4) is 5.75 Å². The lowest BCUT2D eigenvalue weighted by Gasteiger charge is -2.17. The summed E-state index contributed by atoms with van der Waals surface area (Å²) in [5.41, 5.74) is 1.05. The van der Waals surface area contributed by atoms with Gasteiger partial charge in [-0.25, -0.2) is 0 Å². The van der Waals surface area contributed by atoms with Crippen LogP contribution >= 0.6 is 11.6 Å². The Kier molecular flexibility index (Phi) is 4.26. The second-order valence-corrected chi connectivity index (χ2v) is 3.20. The third-order valence-electron chi connectivity index (χ3n) is 1.88. The minimum atomic E-state index is 0.414. The van der Waals surface area contributed by atoms with Crippen molar-refractivity contribution in [1.82, 2.24) is 0 Å². The van der Waals surface area contributed by atoms with Gasteiger partial charge in [0.2, 0.25) is 0 Å². The van der Waals surface area contributed by atoms with Crippen LogP contribution in [0.1, 0.15) is 0 Å². The molecular formula is C10H12ClNO2. The maximum absolute atomic E-state index is 10.0. The summed E-state index contributed by atoms with van der Waals surface area (Å²) in [5, 5.41) is 0. The molecule has 0 saturated carbocycles. The average molecular weight is 214 g/mol. The number of carbonyl (C=O) groups is 1. The number of carbonyl (C=O) groups excluding carboxylic acids is 1. The van der Waals surface area contributed by atoms with E-state index in [4.69, 9.17) is 11.6 Å². The minimum Gasteiger partial charge on any atom is -0.429 e. The maximum Gasteiger partial charge on any atom is 0.298 e. The van der Waals surface area contributed by atoms with Crippen molar-refractivity contribution in [2.45, 2.75) is 0 Å². The van der Waals surface area contributed by atoms with Crippen molar-refractivity contribution in [1.29, 1.82) is 0 Å². The minimum absolute atomic E-state index is 0.414. The van der Waals surface area contributed by atoms with Crippen LogP contribution in [0.2, 0.25) is 0 Å². The van der Waals surface area contributed by atoms with Crippen LogP contribution in [0, 0.1) is 0 Å². The number of hydrogen-bond donors (Lipinski definition) is 0. The predicted octanol–water partition coefficient (Wildman–Crippen LogP) is 1.90. The Balaban J connectivity index is 2.67. The van der Waals surface area contributed by atoms with E-state index < -0.39 is 0 Å². The Morgan fingerprint density at radius 1 is 1.43 bits per heavy atom. The van der Waals surface area contributed by atoms with Crippen molar-refractivity contribution in [2.75, 3.05) is 24.4 Å². The molecule has 0 N–H and O–H groups in total. The van der Waals surface area contributed by atoms with E-state index in [0.29, 0.717) is 18.1 Å². The Bertz CT molecular complexity index is 287. The van der Waals surface area contributed by atoms with E-state index in [9.17, 15) is 4.79 Å². The van der Waals surface area contributed by atoms with Gasteiger partial charge < -0.3 is 9.64 Å². The first-order valence-electron chi connectivity index (χ1n) is 4.25. The highest BCUT2D eigenvalue weighted by Gasteiger charge is 1.99. The fourth-order valence-electron chi connectivity index (χ4n) is 1.09. The van der Waals surface area contributed by atoms with Gasteiger partial charge in [-0.15, -0.1) is 11.6 Å². The molecule has 4 heteroatoms. The van der Waals surface area contributed by atoms with Gasteiger partial charge in [-0.3, -0.25) is 4.79 Å². The molecule has 14 heavy (non-hydrogen) atoms. The summed E-state index contributed by atoms with van der Waals surface area (Å²) in [6, 6.07) is 7.25. The predicted molar refractivity (Wildman–Crippen MR) is 57.1 cm³/mol. The Hall–Kier alpha value is -1.22. The van der Waals surface area contributed by atoms with E-state index in [2.05, 4.69) is 4.74 Å². The smallest absolute Gasteiger partial charge is 0.298 e. The number of hydrogen-bond acceptors (Lipinski definition) is 3. The molecule has 1 aromatic carbocycles. The highest BCUT2D eigenvalue weighted by atomic mass is 35.5. The van der Waals surface area contributed by atoms with Crippen molar-refractivity contribution in [3.63, 3.8) is 0 Å². The maximum atomic E-state index is 10.0. The molecule has 3 nitrogen and oxygen atoms in total. The summed E-state index contributed by atoms with van der Waals surface area (Å²) >= 11 is 5.61. The van der Waals surface area contributed by atoms with Gasteiger partial charge in [-0.2, -0.15) is 0 Å². The van der Waals surface area contributed by atoms with Crippen LogP contribution in [0.15, 0.2) is 24.3 Å². The molecule has 1 rings (SSSR count). The summed E-state index contributed by atoms with van der Waals surface area (Å²) in [6.07, 6.45) is 0. The molecule has 0 aliphatic heterocycles. The molecule has 0 atom stereocenters. The molecule has 0 radical (unpaired) electrons. The van der Waals surface area contributed by atoms with Crippen LogP contribution in [-0.4, -0.2) is 25.9 Å². The molecule has 0 spiro atoms. The van der Waals surface area contributed by atoms with E-state index in [1.165, 1.54) is 0 Å². The lowest BCUT2D eigenvalue weighted by Crippen LogP contribution is -2.19. The Morgan fingerprint density at radius 3 is 2.57 bits per heavy atom. The van der Waals surface area contributed by atoms with Crippen molar-refractivity contribution in [2.24, 2.45) is 0 Å². The van der Waals surface area contributed by atoms with Gasteiger partial charge in [-0.1, -0.05) is 0 Å². The van der Waals surface area contributed by atoms with Crippen molar-refractivity contribution in [3.05, 3.63) is 24.3 Å². The average Bonchev–Trinajstić information content (AvgIpc) is 2.20. The largest absolute Gasteiger partial charge is 0.429 e. The highest BCUT2D eigenvalue weighted by molar-refractivity contribution is 6.18. The van der Waals surface area contributed by atoms with Crippen LogP contribution in [0.25, 0.3) is 0 Å². The number of halogens is 1. The third-order valence-corrected chi connectivity index (χ3v) is 2.05. The highest BCUT2D eigenvalue weighted by Crippen LogP contribution is 2.17. The number of rotatable bonds is 5. The zero-order valence-electron chi connectivity index (χ0n) is 7.94. The summed E-state index contributed by atoms with van der Waals surface area (Å²) in [6.45, 7) is 1.20. The monoisotopic (exact) mass is 213 g/mol.